The zero-order chi connectivity index (χ0) is 99.6. The van der Waals surface area contributed by atoms with Crippen molar-refractivity contribution in [3.05, 3.63) is 292 Å². The van der Waals surface area contributed by atoms with E-state index in [9.17, 15) is 29.9 Å². The molecule has 746 valence electrons. The first kappa shape index (κ1) is 106. The molecule has 0 amide bonds. The number of hydrogen-bond acceptors (Lipinski definition) is 21. The number of aliphatic hydroxyl groups excluding tert-OH is 5. The molecule has 5 aliphatic heterocycles. The Hall–Kier alpha value is -16.4. The van der Waals surface area contributed by atoms with E-state index in [0.29, 0.717) is 139 Å². The maximum absolute atomic E-state index is 13.9. The third-order valence-corrected chi connectivity index (χ3v) is 25.1. The van der Waals surface area contributed by atoms with Crippen LogP contribution in [0.15, 0.2) is 241 Å². The van der Waals surface area contributed by atoms with E-state index in [1.807, 2.05) is 253 Å². The lowest BCUT2D eigenvalue weighted by molar-refractivity contribution is 0.321. The van der Waals surface area contributed by atoms with Crippen LogP contribution in [0.5, 0.6) is 34.5 Å². The molecular weight excluding hydrogens is 1830 g/mol. The number of aromatic amines is 5. The van der Waals surface area contributed by atoms with Gasteiger partial charge in [-0.05, 0) is 224 Å². The maximum Gasteiger partial charge on any atom is 0.146 e. The van der Waals surface area contributed by atoms with Crippen LogP contribution in [0.25, 0.3) is 83.0 Å². The van der Waals surface area contributed by atoms with Crippen LogP contribution in [0.2, 0.25) is 5.02 Å². The van der Waals surface area contributed by atoms with Gasteiger partial charge < -0.3 is 103 Å². The van der Waals surface area contributed by atoms with Crippen molar-refractivity contribution < 1.29 is 58.3 Å². The Morgan fingerprint density at radius 3 is 0.846 bits per heavy atom. The molecule has 0 bridgehead atoms. The Balaban J connectivity index is 0.000000159. The fourth-order valence-electron chi connectivity index (χ4n) is 18.2. The van der Waals surface area contributed by atoms with E-state index in [-0.39, 0.29) is 93.5 Å². The number of hydrogen-bond donors (Lipinski definition) is 15. The summed E-state index contributed by atoms with van der Waals surface area (Å²) in [6.07, 6.45) is 0. The van der Waals surface area contributed by atoms with Gasteiger partial charge in [0.15, 0.2) is 0 Å². The number of H-pyrrole nitrogens is 5. The monoisotopic (exact) mass is 1960 g/mol. The van der Waals surface area contributed by atoms with E-state index in [1.165, 1.54) is 12.1 Å². The largest absolute Gasteiger partial charge is 0.509 e. The quantitative estimate of drug-likeness (QED) is 0.0357. The summed E-state index contributed by atoms with van der Waals surface area (Å²) >= 11 is 6.22. The lowest BCUT2D eigenvalue weighted by Gasteiger charge is -2.34. The van der Waals surface area contributed by atoms with Crippen LogP contribution in [0.4, 0.5) is 32.8 Å². The number of ether oxygens (including phenoxy) is 6. The Kier molecular flexibility index (Phi) is 30.4. The van der Waals surface area contributed by atoms with Crippen LogP contribution in [0, 0.1) is 46.7 Å². The fraction of sp³-hybridized carbons (Fsp3) is 0.273. The number of methoxy groups -OCH3 is 3. The zero-order valence-corrected chi connectivity index (χ0v) is 81.0. The molecule has 31 nitrogen and oxygen atoms in total. The number of halogens is 2. The smallest absolute Gasteiger partial charge is 0.146 e. The van der Waals surface area contributed by atoms with Crippen LogP contribution in [0.1, 0.15) is 160 Å². The van der Waals surface area contributed by atoms with E-state index in [4.69, 9.17) is 67.1 Å². The highest BCUT2D eigenvalue weighted by Gasteiger charge is 2.52. The number of nitrogens with one attached hydrogen (secondary N) is 10. The van der Waals surface area contributed by atoms with Gasteiger partial charge in [0.25, 0.3) is 0 Å². The number of nitrogens with zero attached hydrogens (tertiary/aromatic N) is 10. The molecule has 0 aliphatic carbocycles. The highest BCUT2D eigenvalue weighted by atomic mass is 35.5. The standard InChI is InChI=1S/C23H26N4O3.C22H24N4O3.C21H22N4O3.C20H19ClN4O.C20H19FN4O.4CH4/c1-5-29-15-11-14(12-16(13-15)30-6-2)27-21(24)19(20(28)23(27,3)4)22-25-17-9-7-8-10-18(17)26-22;1-5-29-15-11-13(10-14(12-15)28-4)26-20(23)18(19(27)22(26,2)3)21-24-16-8-6-7-9-17(16)25-21;1-21(2)18(26)17(20-23-13-7-5-6-8-14(13)24-20)19(22)25(21)15-10-9-12(27-3)11-16(15)28-4;2*1-11-8-12(21)10-13(9-11)25-18(22)16(17(26)20(25,2)3)19-23-14-6-4-5-7-15(14)24-19;;;;/h7-13,24,28H,5-6H2,1-4H3,(H,25,26);6-12,23,27H,5H2,1-4H3,(H,24,25);5-11,22,26H,1-4H3,(H,23,24);2*4-10,22,26H,1-3H3,(H,23,24);4*1H4. The van der Waals surface area contributed by atoms with E-state index in [2.05, 4.69) is 49.8 Å². The van der Waals surface area contributed by atoms with Crippen LogP contribution in [-0.2, 0) is 0 Å². The number of benzene rings is 10. The predicted octanol–water partition coefficient (Wildman–Crippen LogP) is 25.7. The minimum absolute atomic E-state index is 0. The van der Waals surface area contributed by atoms with E-state index >= 15 is 0 Å². The molecule has 0 saturated carbocycles. The molecule has 143 heavy (non-hydrogen) atoms. The van der Waals surface area contributed by atoms with Gasteiger partial charge in [0, 0.05) is 58.9 Å². The third-order valence-electron chi connectivity index (χ3n) is 24.9. The summed E-state index contributed by atoms with van der Waals surface area (Å²) in [5.41, 5.74) is 10.9. The number of aromatic nitrogens is 10. The zero-order valence-electron chi connectivity index (χ0n) is 80.2. The van der Waals surface area contributed by atoms with Gasteiger partial charge >= 0.3 is 0 Å². The van der Waals surface area contributed by atoms with Crippen LogP contribution in [-0.4, -0.2) is 173 Å². The van der Waals surface area contributed by atoms with Crippen molar-refractivity contribution in [3.8, 4) is 34.5 Å². The van der Waals surface area contributed by atoms with Crippen molar-refractivity contribution in [1.29, 1.82) is 27.0 Å². The number of imidazole rings is 5. The summed E-state index contributed by atoms with van der Waals surface area (Å²) in [5, 5.41) is 99.6. The van der Waals surface area contributed by atoms with Crippen molar-refractivity contribution in [2.75, 3.05) is 65.6 Å². The van der Waals surface area contributed by atoms with Gasteiger partial charge in [-0.15, -0.1) is 0 Å². The molecule has 20 rings (SSSR count). The molecular formula is C110H126ClFN20O11. The minimum atomic E-state index is -0.897. The van der Waals surface area contributed by atoms with Gasteiger partial charge in [-0.1, -0.05) is 102 Å². The Morgan fingerprint density at radius 1 is 0.315 bits per heavy atom. The molecule has 10 heterocycles. The highest BCUT2D eigenvalue weighted by Crippen LogP contribution is 2.51. The summed E-state index contributed by atoms with van der Waals surface area (Å²) in [6, 6.07) is 64.7. The average Bonchev–Trinajstić information content (AvgIpc) is 1.58. The number of anilines is 5. The van der Waals surface area contributed by atoms with Crippen molar-refractivity contribution in [3.63, 3.8) is 0 Å². The second-order valence-corrected chi connectivity index (χ2v) is 36.6. The minimum Gasteiger partial charge on any atom is -0.509 e. The topological polar surface area (TPSA) is 435 Å². The summed E-state index contributed by atoms with van der Waals surface area (Å²) < 4.78 is 47.2. The number of aryl methyl sites for hydroxylation is 2. The summed E-state index contributed by atoms with van der Waals surface area (Å²) in [5.74, 6) is 6.83. The van der Waals surface area contributed by atoms with Crippen molar-refractivity contribution in [2.24, 2.45) is 0 Å². The summed E-state index contributed by atoms with van der Waals surface area (Å²) in [7, 11) is 4.74. The average molecular weight is 1960 g/mol. The molecule has 0 unspecified atom stereocenters. The molecule has 0 radical (unpaired) electrons. The second-order valence-electron chi connectivity index (χ2n) is 36.2. The molecule has 10 aromatic carbocycles. The maximum atomic E-state index is 13.9. The lowest BCUT2D eigenvalue weighted by Crippen LogP contribution is -2.43. The van der Waals surface area contributed by atoms with Crippen molar-refractivity contribution in [2.45, 2.75) is 161 Å². The van der Waals surface area contributed by atoms with E-state index in [0.717, 1.165) is 72.0 Å². The fourth-order valence-corrected chi connectivity index (χ4v) is 18.5. The summed E-state index contributed by atoms with van der Waals surface area (Å²) in [4.78, 5) is 47.5. The Labute approximate surface area is 836 Å². The number of para-hydroxylation sites is 10. The summed E-state index contributed by atoms with van der Waals surface area (Å²) in [6.45, 7) is 29.6. The normalized spacial score (nSPS) is 15.8. The first-order valence-electron chi connectivity index (χ1n) is 45.1. The van der Waals surface area contributed by atoms with Gasteiger partial charge in [-0.25, -0.2) is 29.3 Å². The van der Waals surface area contributed by atoms with Gasteiger partial charge in [-0.2, -0.15) is 0 Å². The Morgan fingerprint density at radius 2 is 0.573 bits per heavy atom. The highest BCUT2D eigenvalue weighted by molar-refractivity contribution is 6.36. The SMILES string of the molecule is C.C.C.C.CCOc1cc(OC)cc(N2C(=N)C(c3nc4ccccc4[nH]3)=C(O)C2(C)C)c1.CCOc1cc(OCC)cc(N2C(=N)C(c3nc4ccccc4[nH]3)=C(O)C2(C)C)c1.COc1ccc(N2C(=N)C(c3nc4ccccc4[nH]3)=C(O)C2(C)C)c(OC)c1.Cc1cc(Cl)cc(N2C(=N)C(c3nc4ccccc4[nH]3)=C(O)C2(C)C)c1.Cc1cc(F)cc(N2C(=N)C(c3nc4ccccc4[nH]3)=C(O)C2(C)C)c1. The van der Waals surface area contributed by atoms with Crippen LogP contribution < -0.4 is 52.9 Å². The van der Waals surface area contributed by atoms with Gasteiger partial charge in [-0.3, -0.25) is 27.0 Å². The number of fused-ring (bicyclic) bond motifs is 5. The first-order chi connectivity index (χ1) is 66.2. The lowest BCUT2D eigenvalue weighted by atomic mass is 10.0. The third kappa shape index (κ3) is 19.4. The molecule has 0 spiro atoms. The second kappa shape index (κ2) is 41.2. The molecule has 0 atom stereocenters. The van der Waals surface area contributed by atoms with Crippen LogP contribution in [0.3, 0.4) is 0 Å². The number of rotatable bonds is 19. The molecule has 15 N–H and O–H groups in total. The number of amidine groups is 5. The molecule has 33 heteroatoms. The van der Waals surface area contributed by atoms with Crippen molar-refractivity contribution in [1.82, 2.24) is 49.8 Å². The van der Waals surface area contributed by atoms with Gasteiger partial charge in [0.2, 0.25) is 0 Å². The van der Waals surface area contributed by atoms with Gasteiger partial charge in [0.1, 0.15) is 127 Å². The van der Waals surface area contributed by atoms with Crippen LogP contribution >= 0.6 is 11.6 Å². The molecule has 5 aromatic heterocycles. The van der Waals surface area contributed by atoms with E-state index in [1.54, 1.807) is 96.9 Å². The first-order valence-corrected chi connectivity index (χ1v) is 45.5. The van der Waals surface area contributed by atoms with E-state index < -0.39 is 27.7 Å². The molecule has 0 fully saturated rings. The van der Waals surface area contributed by atoms with Gasteiger partial charge in [0.05, 0.1) is 169 Å². The van der Waals surface area contributed by atoms with Crippen molar-refractivity contribution >= 4 is 152 Å². The molecule has 5 aliphatic rings. The Bertz CT molecular complexity index is 7210. The molecule has 15 aromatic rings. The number of aliphatic hydroxyl groups is 5. The predicted molar refractivity (Wildman–Crippen MR) is 576 cm³/mol. The molecule has 0 saturated heterocycles.